The van der Waals surface area contributed by atoms with E-state index in [1.165, 1.54) is 5.56 Å². The molecule has 27 heavy (non-hydrogen) atoms. The van der Waals surface area contributed by atoms with E-state index in [1.54, 1.807) is 17.0 Å². The smallest absolute Gasteiger partial charge is 0.187 e. The van der Waals surface area contributed by atoms with Crippen LogP contribution in [0.2, 0.25) is 0 Å². The van der Waals surface area contributed by atoms with Gasteiger partial charge in [-0.2, -0.15) is 5.10 Å². The van der Waals surface area contributed by atoms with E-state index in [9.17, 15) is 0 Å². The highest BCUT2D eigenvalue weighted by Crippen LogP contribution is 2.03. The van der Waals surface area contributed by atoms with E-state index in [4.69, 9.17) is 12.2 Å². The summed E-state index contributed by atoms with van der Waals surface area (Å²) in [6.07, 6.45) is 7.12. The van der Waals surface area contributed by atoms with E-state index in [0.717, 1.165) is 11.3 Å². The summed E-state index contributed by atoms with van der Waals surface area (Å²) in [6, 6.07) is 20.2. The lowest BCUT2D eigenvalue weighted by molar-refractivity contribution is 0.649. The molecular formula is C20H20N6S. The molecule has 0 aliphatic heterocycles. The topological polar surface area (TPSA) is 67.1 Å². The minimum atomic E-state index is 0.470. The predicted molar refractivity (Wildman–Crippen MR) is 112 cm³/mol. The molecule has 2 N–H and O–H groups in total. The first-order valence-electron chi connectivity index (χ1n) is 8.51. The summed E-state index contributed by atoms with van der Waals surface area (Å²) >= 11 is 5.18. The van der Waals surface area contributed by atoms with Gasteiger partial charge < -0.3 is 5.32 Å². The molecular weight excluding hydrogens is 356 g/mol. The number of nitrogens with zero attached hydrogens (tertiary/aromatic N) is 4. The van der Waals surface area contributed by atoms with Gasteiger partial charge in [-0.3, -0.25) is 5.43 Å². The number of benzene rings is 2. The summed E-state index contributed by atoms with van der Waals surface area (Å²) in [6.45, 7) is 1.35. The molecule has 3 aromatic rings. The van der Waals surface area contributed by atoms with Crippen LogP contribution in [0.4, 0.5) is 0 Å². The van der Waals surface area contributed by atoms with Gasteiger partial charge in [0.1, 0.15) is 5.69 Å². The van der Waals surface area contributed by atoms with E-state index in [-0.39, 0.29) is 0 Å². The van der Waals surface area contributed by atoms with E-state index >= 15 is 0 Å². The van der Waals surface area contributed by atoms with Crippen LogP contribution in [0.1, 0.15) is 16.8 Å². The molecule has 1 heterocycles. The zero-order valence-corrected chi connectivity index (χ0v) is 15.5. The number of nitrogens with one attached hydrogen (secondary N) is 2. The molecule has 0 aliphatic carbocycles. The van der Waals surface area contributed by atoms with Crippen molar-refractivity contribution in [2.75, 3.05) is 0 Å². The number of hydrogen-bond acceptors (Lipinski definition) is 4. The summed E-state index contributed by atoms with van der Waals surface area (Å²) < 4.78 is 1.80. The lowest BCUT2D eigenvalue weighted by Crippen LogP contribution is -2.31. The van der Waals surface area contributed by atoms with Crippen LogP contribution in [0.25, 0.3) is 6.08 Å². The Bertz CT molecular complexity index is 902. The molecule has 0 saturated carbocycles. The maximum Gasteiger partial charge on any atom is 0.187 e. The van der Waals surface area contributed by atoms with E-state index in [0.29, 0.717) is 18.2 Å². The van der Waals surface area contributed by atoms with E-state index in [2.05, 4.69) is 38.3 Å². The van der Waals surface area contributed by atoms with Crippen LogP contribution >= 0.6 is 12.2 Å². The third-order valence-electron chi connectivity index (χ3n) is 3.63. The monoisotopic (exact) mass is 376 g/mol. The van der Waals surface area contributed by atoms with Crippen molar-refractivity contribution in [1.82, 2.24) is 25.7 Å². The molecule has 7 heteroatoms. The zero-order chi connectivity index (χ0) is 18.7. The first-order chi connectivity index (χ1) is 13.3. The Morgan fingerprint density at radius 3 is 2.48 bits per heavy atom. The summed E-state index contributed by atoms with van der Waals surface area (Å²) in [5.41, 5.74) is 5.88. The minimum absolute atomic E-state index is 0.470. The van der Waals surface area contributed by atoms with Crippen LogP contribution in [0.3, 0.4) is 0 Å². The van der Waals surface area contributed by atoms with E-state index in [1.807, 2.05) is 60.8 Å². The molecule has 1 aromatic heterocycles. The van der Waals surface area contributed by atoms with Gasteiger partial charge in [0.2, 0.25) is 0 Å². The normalized spacial score (nSPS) is 11.1. The van der Waals surface area contributed by atoms with Crippen molar-refractivity contribution < 1.29 is 0 Å². The van der Waals surface area contributed by atoms with Gasteiger partial charge in [0.25, 0.3) is 0 Å². The molecule has 0 fully saturated rings. The fraction of sp³-hybridized carbons (Fsp3) is 0.100. The maximum absolute atomic E-state index is 5.18. The first-order valence-corrected chi connectivity index (χ1v) is 8.92. The number of hydrazone groups is 1. The Labute approximate surface area is 163 Å². The second-order valence-corrected chi connectivity index (χ2v) is 6.15. The SMILES string of the molecule is S=C(NCc1ccccc1)N/N=C\C=C\c1cn(Cc2ccccc2)nn1. The fourth-order valence-corrected chi connectivity index (χ4v) is 2.46. The number of rotatable bonds is 7. The second kappa shape index (κ2) is 9.98. The standard InChI is InChI=1S/C20H20N6S/c27-20(21-14-17-8-3-1-4-9-17)24-22-13-7-12-19-16-26(25-23-19)15-18-10-5-2-6-11-18/h1-13,16H,14-15H2,(H2,21,24,27)/b12-7+,22-13-. The Kier molecular flexibility index (Phi) is 6.83. The minimum Gasteiger partial charge on any atom is -0.357 e. The number of allylic oxidation sites excluding steroid dienone is 1. The molecule has 136 valence electrons. The van der Waals surface area contributed by atoms with Crippen molar-refractivity contribution in [3.63, 3.8) is 0 Å². The van der Waals surface area contributed by atoms with Crippen molar-refractivity contribution >= 4 is 29.6 Å². The van der Waals surface area contributed by atoms with Gasteiger partial charge in [0.15, 0.2) is 5.11 Å². The van der Waals surface area contributed by atoms with Crippen molar-refractivity contribution in [1.29, 1.82) is 0 Å². The van der Waals surface area contributed by atoms with Gasteiger partial charge in [-0.15, -0.1) is 5.10 Å². The largest absolute Gasteiger partial charge is 0.357 e. The van der Waals surface area contributed by atoms with Crippen molar-refractivity contribution in [3.8, 4) is 0 Å². The highest BCUT2D eigenvalue weighted by atomic mass is 32.1. The Balaban J connectivity index is 1.40. The Hall–Kier alpha value is -3.32. The summed E-state index contributed by atoms with van der Waals surface area (Å²) in [5, 5.41) is 15.8. The van der Waals surface area contributed by atoms with Gasteiger partial charge >= 0.3 is 0 Å². The second-order valence-electron chi connectivity index (χ2n) is 5.74. The van der Waals surface area contributed by atoms with Gasteiger partial charge in [0.05, 0.1) is 12.7 Å². The van der Waals surface area contributed by atoms with Gasteiger partial charge in [-0.25, -0.2) is 4.68 Å². The summed E-state index contributed by atoms with van der Waals surface area (Å²) in [5.74, 6) is 0. The first kappa shape index (κ1) is 18.5. The third-order valence-corrected chi connectivity index (χ3v) is 3.87. The molecule has 0 bridgehead atoms. The molecule has 2 aromatic carbocycles. The molecule has 0 radical (unpaired) electrons. The molecule has 0 aliphatic rings. The quantitative estimate of drug-likeness (QED) is 0.377. The molecule has 0 unspecified atom stereocenters. The molecule has 0 saturated heterocycles. The predicted octanol–water partition coefficient (Wildman–Crippen LogP) is 2.99. The van der Waals surface area contributed by atoms with Gasteiger partial charge in [-0.1, -0.05) is 65.9 Å². The van der Waals surface area contributed by atoms with Crippen LogP contribution < -0.4 is 10.7 Å². The maximum atomic E-state index is 5.18. The summed E-state index contributed by atoms with van der Waals surface area (Å²) in [7, 11) is 0. The molecule has 0 amide bonds. The van der Waals surface area contributed by atoms with Crippen LogP contribution in [0, 0.1) is 0 Å². The third kappa shape index (κ3) is 6.48. The van der Waals surface area contributed by atoms with Crippen LogP contribution in [0.5, 0.6) is 0 Å². The van der Waals surface area contributed by atoms with Gasteiger partial charge in [0, 0.05) is 12.8 Å². The van der Waals surface area contributed by atoms with Crippen LogP contribution in [0.15, 0.2) is 78.0 Å². The zero-order valence-electron chi connectivity index (χ0n) is 14.7. The highest BCUT2D eigenvalue weighted by Gasteiger charge is 1.98. The van der Waals surface area contributed by atoms with Gasteiger partial charge in [-0.05, 0) is 35.5 Å². The molecule has 0 atom stereocenters. The molecule has 6 nitrogen and oxygen atoms in total. The lowest BCUT2D eigenvalue weighted by Gasteiger charge is -2.06. The number of thiocarbonyl (C=S) groups is 1. The van der Waals surface area contributed by atoms with Crippen molar-refractivity contribution in [2.24, 2.45) is 5.10 Å². The van der Waals surface area contributed by atoms with E-state index < -0.39 is 0 Å². The average Bonchev–Trinajstić information content (AvgIpc) is 3.15. The Morgan fingerprint density at radius 1 is 1.04 bits per heavy atom. The summed E-state index contributed by atoms with van der Waals surface area (Å²) in [4.78, 5) is 0. The van der Waals surface area contributed by atoms with Crippen LogP contribution in [-0.2, 0) is 13.1 Å². The van der Waals surface area contributed by atoms with Crippen molar-refractivity contribution in [3.05, 3.63) is 89.8 Å². The van der Waals surface area contributed by atoms with Crippen LogP contribution in [-0.4, -0.2) is 26.3 Å². The average molecular weight is 376 g/mol. The lowest BCUT2D eigenvalue weighted by atomic mass is 10.2. The number of hydrogen-bond donors (Lipinski definition) is 2. The highest BCUT2D eigenvalue weighted by molar-refractivity contribution is 7.80. The Morgan fingerprint density at radius 2 is 1.74 bits per heavy atom. The molecule has 3 rings (SSSR count). The number of aromatic nitrogens is 3. The molecule has 0 spiro atoms. The fourth-order valence-electron chi connectivity index (χ4n) is 2.34. The van der Waals surface area contributed by atoms with Crippen molar-refractivity contribution in [2.45, 2.75) is 13.1 Å².